The highest BCUT2D eigenvalue weighted by Crippen LogP contribution is 2.22. The molecule has 0 aromatic carbocycles. The summed E-state index contributed by atoms with van der Waals surface area (Å²) < 4.78 is 10.7. The minimum atomic E-state index is 0.155. The predicted molar refractivity (Wildman–Crippen MR) is 65.2 cm³/mol. The van der Waals surface area contributed by atoms with Crippen LogP contribution < -0.4 is 0 Å². The summed E-state index contributed by atoms with van der Waals surface area (Å²) >= 11 is 0. The van der Waals surface area contributed by atoms with E-state index >= 15 is 0 Å². The van der Waals surface area contributed by atoms with Crippen LogP contribution in [0, 0.1) is 0 Å². The Morgan fingerprint density at radius 2 is 2.39 bits per heavy atom. The highest BCUT2D eigenvalue weighted by Gasteiger charge is 2.40. The molecule has 18 heavy (non-hydrogen) atoms. The highest BCUT2D eigenvalue weighted by molar-refractivity contribution is 5.79. The third-order valence-electron chi connectivity index (χ3n) is 3.87. The molecule has 0 aliphatic carbocycles. The van der Waals surface area contributed by atoms with Crippen LogP contribution in [0.25, 0.3) is 0 Å². The number of fused-ring (bicyclic) bond motifs is 1. The maximum atomic E-state index is 12.2. The second-order valence-electron chi connectivity index (χ2n) is 5.06. The van der Waals surface area contributed by atoms with Crippen molar-refractivity contribution in [3.05, 3.63) is 24.2 Å². The number of hydrogen-bond acceptors (Lipinski definition) is 4. The summed E-state index contributed by atoms with van der Waals surface area (Å²) in [5, 5.41) is 0. The summed E-state index contributed by atoms with van der Waals surface area (Å²) in [6.07, 6.45) is 3.82. The molecule has 3 heterocycles. The molecule has 5 nitrogen and oxygen atoms in total. The van der Waals surface area contributed by atoms with E-state index < -0.39 is 0 Å². The summed E-state index contributed by atoms with van der Waals surface area (Å²) in [4.78, 5) is 16.4. The Bertz CT molecular complexity index is 418. The van der Waals surface area contributed by atoms with E-state index in [0.717, 1.165) is 25.3 Å². The molecule has 0 spiro atoms. The molecule has 0 radical (unpaired) electrons. The first-order valence-corrected chi connectivity index (χ1v) is 6.35. The molecule has 0 saturated carbocycles. The molecule has 3 rings (SSSR count). The number of carbonyl (C=O) groups is 1. The fourth-order valence-corrected chi connectivity index (χ4v) is 2.74. The van der Waals surface area contributed by atoms with Crippen molar-refractivity contribution in [3.63, 3.8) is 0 Å². The number of rotatable bonds is 2. The summed E-state index contributed by atoms with van der Waals surface area (Å²) in [5.41, 5.74) is 0.934. The van der Waals surface area contributed by atoms with E-state index in [0.29, 0.717) is 19.0 Å². The zero-order valence-corrected chi connectivity index (χ0v) is 10.5. The van der Waals surface area contributed by atoms with Crippen molar-refractivity contribution in [3.8, 4) is 0 Å². The van der Waals surface area contributed by atoms with Gasteiger partial charge in [-0.2, -0.15) is 0 Å². The largest absolute Gasteiger partial charge is 0.472 e. The molecule has 2 aliphatic rings. The topological polar surface area (TPSA) is 45.9 Å². The van der Waals surface area contributed by atoms with E-state index in [9.17, 15) is 4.79 Å². The molecule has 2 fully saturated rings. The lowest BCUT2D eigenvalue weighted by molar-refractivity contribution is -0.129. The van der Waals surface area contributed by atoms with Gasteiger partial charge in [-0.15, -0.1) is 0 Å². The maximum Gasteiger partial charge on any atom is 0.227 e. The zero-order valence-electron chi connectivity index (χ0n) is 10.5. The van der Waals surface area contributed by atoms with E-state index in [1.807, 2.05) is 11.0 Å². The van der Waals surface area contributed by atoms with Crippen LogP contribution in [0.4, 0.5) is 0 Å². The molecule has 1 amide bonds. The molecule has 2 saturated heterocycles. The zero-order chi connectivity index (χ0) is 12.5. The van der Waals surface area contributed by atoms with Gasteiger partial charge in [0.1, 0.15) is 0 Å². The number of morpholine rings is 1. The number of amides is 1. The number of carbonyl (C=O) groups excluding carboxylic acids is 1. The Kier molecular flexibility index (Phi) is 3.09. The van der Waals surface area contributed by atoms with Gasteiger partial charge in [-0.25, -0.2) is 0 Å². The van der Waals surface area contributed by atoms with Crippen molar-refractivity contribution in [2.24, 2.45) is 0 Å². The Balaban J connectivity index is 1.62. The fraction of sp³-hybridized carbons (Fsp3) is 0.615. The van der Waals surface area contributed by atoms with Crippen LogP contribution in [0.2, 0.25) is 0 Å². The molecule has 1 aromatic heterocycles. The van der Waals surface area contributed by atoms with E-state index in [1.165, 1.54) is 0 Å². The van der Waals surface area contributed by atoms with Gasteiger partial charge < -0.3 is 14.1 Å². The van der Waals surface area contributed by atoms with Gasteiger partial charge in [-0.1, -0.05) is 0 Å². The second-order valence-corrected chi connectivity index (χ2v) is 5.06. The Labute approximate surface area is 106 Å². The first-order chi connectivity index (χ1) is 8.74. The Hall–Kier alpha value is -1.33. The lowest BCUT2D eigenvalue weighted by Crippen LogP contribution is -2.48. The van der Waals surface area contributed by atoms with Crippen molar-refractivity contribution in [1.82, 2.24) is 9.80 Å². The van der Waals surface area contributed by atoms with Crippen molar-refractivity contribution < 1.29 is 13.9 Å². The molecule has 0 N–H and O–H groups in total. The van der Waals surface area contributed by atoms with Gasteiger partial charge in [0.2, 0.25) is 5.91 Å². The molecule has 2 aliphatic heterocycles. The van der Waals surface area contributed by atoms with Gasteiger partial charge in [-0.3, -0.25) is 9.69 Å². The van der Waals surface area contributed by atoms with E-state index in [1.54, 1.807) is 12.5 Å². The van der Waals surface area contributed by atoms with E-state index in [-0.39, 0.29) is 12.0 Å². The lowest BCUT2D eigenvalue weighted by atomic mass is 10.1. The first-order valence-electron chi connectivity index (χ1n) is 6.35. The highest BCUT2D eigenvalue weighted by atomic mass is 16.5. The normalized spacial score (nSPS) is 28.4. The van der Waals surface area contributed by atoms with Crippen LogP contribution in [0.15, 0.2) is 23.0 Å². The smallest absolute Gasteiger partial charge is 0.227 e. The van der Waals surface area contributed by atoms with Crippen LogP contribution in [0.3, 0.4) is 0 Å². The lowest BCUT2D eigenvalue weighted by Gasteiger charge is -2.33. The minimum absolute atomic E-state index is 0.155. The average molecular weight is 250 g/mol. The quantitative estimate of drug-likeness (QED) is 0.760. The monoisotopic (exact) mass is 250 g/mol. The molecule has 2 atom stereocenters. The van der Waals surface area contributed by atoms with Gasteiger partial charge in [0.15, 0.2) is 0 Å². The molecule has 0 unspecified atom stereocenters. The van der Waals surface area contributed by atoms with Crippen LogP contribution in [0.5, 0.6) is 0 Å². The summed E-state index contributed by atoms with van der Waals surface area (Å²) in [6, 6.07) is 2.19. The van der Waals surface area contributed by atoms with Gasteiger partial charge >= 0.3 is 0 Å². The third-order valence-corrected chi connectivity index (χ3v) is 3.87. The molecule has 5 heteroatoms. The standard InChI is InChI=1S/C13H18N2O3/c1-14-3-5-18-12-8-15(7-11(12)14)13(16)6-10-2-4-17-9-10/h2,4,9,11-12H,3,5-8H2,1H3/t11-,12+/m0/s1. The number of nitrogens with zero attached hydrogens (tertiary/aromatic N) is 2. The van der Waals surface area contributed by atoms with Crippen molar-refractivity contribution in [2.45, 2.75) is 18.6 Å². The van der Waals surface area contributed by atoms with Crippen LogP contribution in [0.1, 0.15) is 5.56 Å². The first kappa shape index (κ1) is 11.7. The van der Waals surface area contributed by atoms with Gasteiger partial charge in [0.25, 0.3) is 0 Å². The number of likely N-dealkylation sites (tertiary alicyclic amines) is 1. The van der Waals surface area contributed by atoms with Crippen LogP contribution in [-0.2, 0) is 16.0 Å². The van der Waals surface area contributed by atoms with Gasteiger partial charge in [0.05, 0.1) is 37.7 Å². The summed E-state index contributed by atoms with van der Waals surface area (Å²) in [7, 11) is 2.10. The minimum Gasteiger partial charge on any atom is -0.472 e. The van der Waals surface area contributed by atoms with Gasteiger partial charge in [0, 0.05) is 19.6 Å². The SMILES string of the molecule is CN1CCO[C@@H]2CN(C(=O)Cc3ccoc3)C[C@@H]21. The number of furan rings is 1. The molecular formula is C13H18N2O3. The molecular weight excluding hydrogens is 232 g/mol. The van der Waals surface area contributed by atoms with Gasteiger partial charge in [-0.05, 0) is 18.7 Å². The maximum absolute atomic E-state index is 12.2. The Morgan fingerprint density at radius 1 is 1.50 bits per heavy atom. The Morgan fingerprint density at radius 3 is 3.11 bits per heavy atom. The summed E-state index contributed by atoms with van der Waals surface area (Å²) in [5.74, 6) is 0.155. The van der Waals surface area contributed by atoms with E-state index in [2.05, 4.69) is 11.9 Å². The number of ether oxygens (including phenoxy) is 1. The fourth-order valence-electron chi connectivity index (χ4n) is 2.74. The van der Waals surface area contributed by atoms with E-state index in [4.69, 9.17) is 9.15 Å². The van der Waals surface area contributed by atoms with Crippen molar-refractivity contribution in [2.75, 3.05) is 33.3 Å². The molecule has 98 valence electrons. The average Bonchev–Trinajstić information content (AvgIpc) is 2.97. The van der Waals surface area contributed by atoms with Crippen LogP contribution >= 0.6 is 0 Å². The number of hydrogen-bond donors (Lipinski definition) is 0. The summed E-state index contributed by atoms with van der Waals surface area (Å²) in [6.45, 7) is 3.20. The predicted octanol–water partition coefficient (Wildman–Crippen LogP) is 0.363. The molecule has 1 aromatic rings. The number of likely N-dealkylation sites (N-methyl/N-ethyl adjacent to an activating group) is 1. The van der Waals surface area contributed by atoms with Crippen molar-refractivity contribution >= 4 is 5.91 Å². The molecule has 0 bridgehead atoms. The van der Waals surface area contributed by atoms with Crippen LogP contribution in [-0.4, -0.2) is 61.1 Å². The van der Waals surface area contributed by atoms with Crippen molar-refractivity contribution in [1.29, 1.82) is 0 Å². The second kappa shape index (κ2) is 4.74. The third kappa shape index (κ3) is 2.15.